The highest BCUT2D eigenvalue weighted by molar-refractivity contribution is 7.07. The van der Waals surface area contributed by atoms with Crippen molar-refractivity contribution in [2.24, 2.45) is 0 Å². The van der Waals surface area contributed by atoms with Crippen LogP contribution in [-0.4, -0.2) is 34.3 Å². The first kappa shape index (κ1) is 16.0. The molecule has 1 aromatic rings. The van der Waals surface area contributed by atoms with Crippen LogP contribution < -0.4 is 5.32 Å². The summed E-state index contributed by atoms with van der Waals surface area (Å²) in [5.41, 5.74) is -0.310. The Morgan fingerprint density at radius 1 is 1.24 bits per heavy atom. The van der Waals surface area contributed by atoms with Gasteiger partial charge < -0.3 is 10.2 Å². The van der Waals surface area contributed by atoms with Crippen LogP contribution >= 0.6 is 11.3 Å². The van der Waals surface area contributed by atoms with Crippen LogP contribution in [0.25, 0.3) is 0 Å². The van der Waals surface area contributed by atoms with Gasteiger partial charge in [0.15, 0.2) is 0 Å². The average molecular weight is 308 g/mol. The number of nitrogens with zero attached hydrogens (tertiary/aromatic N) is 1. The van der Waals surface area contributed by atoms with Crippen LogP contribution in [0.1, 0.15) is 46.1 Å². The molecule has 2 amide bonds. The maximum atomic E-state index is 12.9. The fraction of sp³-hybridized carbons (Fsp3) is 0.625. The van der Waals surface area contributed by atoms with Gasteiger partial charge in [0.1, 0.15) is 11.1 Å². The number of carbonyl (C=O) groups is 2. The van der Waals surface area contributed by atoms with Crippen molar-refractivity contribution in [2.45, 2.75) is 58.0 Å². The summed E-state index contributed by atoms with van der Waals surface area (Å²) in [5.74, 6) is -0.0107. The van der Waals surface area contributed by atoms with E-state index in [1.165, 1.54) is 5.56 Å². The van der Waals surface area contributed by atoms with Crippen LogP contribution in [0.3, 0.4) is 0 Å². The molecule has 116 valence electrons. The van der Waals surface area contributed by atoms with Gasteiger partial charge in [-0.3, -0.25) is 9.59 Å². The molecule has 1 aromatic heterocycles. The second kappa shape index (κ2) is 5.79. The minimum atomic E-state index is -0.791. The Labute approximate surface area is 130 Å². The highest BCUT2D eigenvalue weighted by Crippen LogP contribution is 2.30. The monoisotopic (exact) mass is 308 g/mol. The summed E-state index contributed by atoms with van der Waals surface area (Å²) in [6.45, 7) is 8.14. The predicted molar refractivity (Wildman–Crippen MR) is 85.3 cm³/mol. The lowest BCUT2D eigenvalue weighted by atomic mass is 9.83. The molecule has 0 aliphatic carbocycles. The van der Waals surface area contributed by atoms with E-state index in [0.717, 1.165) is 6.42 Å². The molecule has 0 saturated carbocycles. The molecule has 0 atom stereocenters. The van der Waals surface area contributed by atoms with Crippen LogP contribution in [-0.2, 0) is 16.0 Å². The molecule has 0 aromatic carbocycles. The van der Waals surface area contributed by atoms with Gasteiger partial charge in [0, 0.05) is 6.54 Å². The topological polar surface area (TPSA) is 49.4 Å². The Bertz CT molecular complexity index is 518. The maximum Gasteiger partial charge on any atom is 0.249 e. The van der Waals surface area contributed by atoms with Crippen molar-refractivity contribution < 1.29 is 9.59 Å². The van der Waals surface area contributed by atoms with Crippen LogP contribution in [0.4, 0.5) is 0 Å². The minimum absolute atomic E-state index is 0.0485. The molecule has 0 spiro atoms. The van der Waals surface area contributed by atoms with Gasteiger partial charge in [-0.1, -0.05) is 13.8 Å². The Hall–Kier alpha value is -1.36. The van der Waals surface area contributed by atoms with Gasteiger partial charge in [0.05, 0.1) is 0 Å². The van der Waals surface area contributed by atoms with Crippen molar-refractivity contribution in [3.05, 3.63) is 22.4 Å². The molecule has 0 bridgehead atoms. The van der Waals surface area contributed by atoms with Crippen molar-refractivity contribution in [2.75, 3.05) is 6.54 Å². The molecule has 1 fully saturated rings. The lowest BCUT2D eigenvalue weighted by Crippen LogP contribution is -2.74. The zero-order chi connectivity index (χ0) is 15.7. The number of hydrogen-bond acceptors (Lipinski definition) is 3. The summed E-state index contributed by atoms with van der Waals surface area (Å²) in [5, 5.41) is 7.09. The lowest BCUT2D eigenvalue weighted by Gasteiger charge is -2.49. The Morgan fingerprint density at radius 3 is 2.43 bits per heavy atom. The Morgan fingerprint density at radius 2 is 1.90 bits per heavy atom. The van der Waals surface area contributed by atoms with Gasteiger partial charge in [-0.25, -0.2) is 0 Å². The van der Waals surface area contributed by atoms with E-state index < -0.39 is 11.1 Å². The highest BCUT2D eigenvalue weighted by Gasteiger charge is 2.52. The zero-order valence-electron chi connectivity index (χ0n) is 13.2. The molecule has 2 rings (SSSR count). The molecule has 1 aliphatic rings. The molecule has 1 saturated heterocycles. The van der Waals surface area contributed by atoms with Crippen LogP contribution in [0.15, 0.2) is 16.8 Å². The summed E-state index contributed by atoms with van der Waals surface area (Å²) >= 11 is 1.65. The van der Waals surface area contributed by atoms with Crippen molar-refractivity contribution in [3.8, 4) is 0 Å². The Balaban J connectivity index is 2.25. The first-order valence-corrected chi connectivity index (χ1v) is 8.47. The van der Waals surface area contributed by atoms with Crippen molar-refractivity contribution in [1.82, 2.24) is 10.2 Å². The predicted octanol–water partition coefficient (Wildman–Crippen LogP) is 2.59. The summed E-state index contributed by atoms with van der Waals surface area (Å²) in [4.78, 5) is 27.2. The van der Waals surface area contributed by atoms with Crippen LogP contribution in [0.5, 0.6) is 0 Å². The average Bonchev–Trinajstić information content (AvgIpc) is 2.96. The van der Waals surface area contributed by atoms with E-state index in [9.17, 15) is 9.59 Å². The van der Waals surface area contributed by atoms with Crippen molar-refractivity contribution in [3.63, 3.8) is 0 Å². The number of thiophene rings is 1. The smallest absolute Gasteiger partial charge is 0.249 e. The van der Waals surface area contributed by atoms with E-state index >= 15 is 0 Å². The molecule has 5 heteroatoms. The number of piperazine rings is 1. The number of amides is 2. The number of nitrogens with one attached hydrogen (secondary N) is 1. The van der Waals surface area contributed by atoms with Crippen LogP contribution in [0.2, 0.25) is 0 Å². The standard InChI is InChI=1S/C16H24N2O2S/c1-5-16(6-2)14(20)18(15(3,4)13(19)17-16)9-7-12-8-10-21-11-12/h8,10-11H,5-7,9H2,1-4H3,(H,17,19). The summed E-state index contributed by atoms with van der Waals surface area (Å²) < 4.78 is 0. The van der Waals surface area contributed by atoms with E-state index in [0.29, 0.717) is 19.4 Å². The summed E-state index contributed by atoms with van der Waals surface area (Å²) in [7, 11) is 0. The molecular formula is C16H24N2O2S. The summed E-state index contributed by atoms with van der Waals surface area (Å²) in [6.07, 6.45) is 2.04. The van der Waals surface area contributed by atoms with Crippen molar-refractivity contribution in [1.29, 1.82) is 0 Å². The third-order valence-corrected chi connectivity index (χ3v) is 5.38. The molecule has 1 aliphatic heterocycles. The first-order chi connectivity index (χ1) is 9.87. The molecule has 4 nitrogen and oxygen atoms in total. The van der Waals surface area contributed by atoms with E-state index in [1.807, 2.05) is 33.1 Å². The van der Waals surface area contributed by atoms with E-state index in [-0.39, 0.29) is 11.8 Å². The number of carbonyl (C=O) groups excluding carboxylic acids is 2. The first-order valence-electron chi connectivity index (χ1n) is 7.53. The quantitative estimate of drug-likeness (QED) is 0.909. The third kappa shape index (κ3) is 2.71. The van der Waals surface area contributed by atoms with E-state index in [2.05, 4.69) is 16.8 Å². The summed E-state index contributed by atoms with van der Waals surface area (Å²) in [6, 6.07) is 2.07. The maximum absolute atomic E-state index is 12.9. The molecule has 2 heterocycles. The highest BCUT2D eigenvalue weighted by atomic mass is 32.1. The van der Waals surface area contributed by atoms with Gasteiger partial charge in [0.2, 0.25) is 11.8 Å². The fourth-order valence-electron chi connectivity index (χ4n) is 2.84. The van der Waals surface area contributed by atoms with Crippen LogP contribution in [0, 0.1) is 0 Å². The third-order valence-electron chi connectivity index (χ3n) is 4.65. The van der Waals surface area contributed by atoms with Gasteiger partial charge in [-0.15, -0.1) is 0 Å². The normalized spacial score (nSPS) is 20.5. The minimum Gasteiger partial charge on any atom is -0.340 e. The molecule has 0 unspecified atom stereocenters. The number of hydrogen-bond donors (Lipinski definition) is 1. The molecule has 1 N–H and O–H groups in total. The van der Waals surface area contributed by atoms with E-state index in [1.54, 1.807) is 16.2 Å². The number of rotatable bonds is 5. The van der Waals surface area contributed by atoms with E-state index in [4.69, 9.17) is 0 Å². The molecule has 21 heavy (non-hydrogen) atoms. The lowest BCUT2D eigenvalue weighted by molar-refractivity contribution is -0.161. The molecule has 0 radical (unpaired) electrons. The van der Waals surface area contributed by atoms with Crippen molar-refractivity contribution >= 4 is 23.2 Å². The second-order valence-corrected chi connectivity index (χ2v) is 6.92. The Kier molecular flexibility index (Phi) is 4.42. The second-order valence-electron chi connectivity index (χ2n) is 6.14. The van der Waals surface area contributed by atoms with Gasteiger partial charge in [-0.2, -0.15) is 11.3 Å². The van der Waals surface area contributed by atoms with Gasteiger partial charge >= 0.3 is 0 Å². The fourth-order valence-corrected chi connectivity index (χ4v) is 3.55. The van der Waals surface area contributed by atoms with Gasteiger partial charge in [0.25, 0.3) is 0 Å². The van der Waals surface area contributed by atoms with Gasteiger partial charge in [-0.05, 0) is 55.5 Å². The zero-order valence-corrected chi connectivity index (χ0v) is 14.0. The molecular weight excluding hydrogens is 284 g/mol. The SMILES string of the molecule is CCC1(CC)NC(=O)C(C)(C)N(CCc2ccsc2)C1=O. The largest absolute Gasteiger partial charge is 0.340 e.